The van der Waals surface area contributed by atoms with Crippen molar-refractivity contribution in [3.63, 3.8) is 0 Å². The van der Waals surface area contributed by atoms with Crippen LogP contribution >= 0.6 is 0 Å². The van der Waals surface area contributed by atoms with Crippen molar-refractivity contribution in [1.82, 2.24) is 4.90 Å². The van der Waals surface area contributed by atoms with Gasteiger partial charge in [-0.2, -0.15) is 0 Å². The summed E-state index contributed by atoms with van der Waals surface area (Å²) < 4.78 is 24.8. The number of hydrogen-bond donors (Lipinski definition) is 1. The van der Waals surface area contributed by atoms with Crippen LogP contribution in [0.4, 0.5) is 0 Å². The Labute approximate surface area is 83.8 Å². The lowest BCUT2D eigenvalue weighted by atomic mass is 10.4. The van der Waals surface area contributed by atoms with Crippen molar-refractivity contribution in [3.05, 3.63) is 0 Å². The summed E-state index contributed by atoms with van der Waals surface area (Å²) in [7, 11) is -2.95. The van der Waals surface area contributed by atoms with Crippen molar-refractivity contribution in [2.24, 2.45) is 0 Å². The van der Waals surface area contributed by atoms with E-state index in [1.807, 2.05) is 0 Å². The molecule has 0 amide bonds. The molecular formula is C7H15NO3S2. The topological polar surface area (TPSA) is 49.8 Å². The summed E-state index contributed by atoms with van der Waals surface area (Å²) >= 11 is 4.39. The Bertz CT molecular complexity index is 234. The first kappa shape index (κ1) is 11.3. The van der Waals surface area contributed by atoms with E-state index in [1.54, 1.807) is 0 Å². The SMILES string of the molecule is O=S(O)(=S)CCCN1CCOCC1. The molecule has 0 aromatic heterocycles. The molecular weight excluding hydrogens is 210 g/mol. The Morgan fingerprint density at radius 1 is 1.46 bits per heavy atom. The van der Waals surface area contributed by atoms with Gasteiger partial charge in [0.15, 0.2) is 0 Å². The molecule has 0 saturated carbocycles. The maximum absolute atomic E-state index is 10.8. The Morgan fingerprint density at radius 3 is 2.62 bits per heavy atom. The highest BCUT2D eigenvalue weighted by atomic mass is 32.8. The highest BCUT2D eigenvalue weighted by molar-refractivity contribution is 8.29. The molecule has 1 saturated heterocycles. The molecule has 6 heteroatoms. The second-order valence-corrected chi connectivity index (χ2v) is 6.23. The monoisotopic (exact) mass is 225 g/mol. The van der Waals surface area contributed by atoms with Crippen molar-refractivity contribution in [1.29, 1.82) is 0 Å². The van der Waals surface area contributed by atoms with Gasteiger partial charge in [-0.1, -0.05) is 0 Å². The van der Waals surface area contributed by atoms with Crippen molar-refractivity contribution < 1.29 is 13.5 Å². The molecule has 1 rings (SSSR count). The van der Waals surface area contributed by atoms with Gasteiger partial charge < -0.3 is 9.29 Å². The lowest BCUT2D eigenvalue weighted by Crippen LogP contribution is -2.37. The van der Waals surface area contributed by atoms with E-state index in [-0.39, 0.29) is 5.75 Å². The summed E-state index contributed by atoms with van der Waals surface area (Å²) in [5.74, 6) is 0.222. The highest BCUT2D eigenvalue weighted by Crippen LogP contribution is 1.99. The smallest absolute Gasteiger partial charge is 0.141 e. The first-order chi connectivity index (χ1) is 6.08. The minimum atomic E-state index is -2.95. The quantitative estimate of drug-likeness (QED) is 0.726. The van der Waals surface area contributed by atoms with E-state index in [2.05, 4.69) is 16.1 Å². The summed E-state index contributed by atoms with van der Waals surface area (Å²) in [6.45, 7) is 4.22. The van der Waals surface area contributed by atoms with E-state index >= 15 is 0 Å². The molecule has 78 valence electrons. The van der Waals surface area contributed by atoms with Crippen LogP contribution in [0.25, 0.3) is 0 Å². The number of rotatable bonds is 4. The van der Waals surface area contributed by atoms with Crippen LogP contribution in [-0.2, 0) is 24.7 Å². The second kappa shape index (κ2) is 5.21. The van der Waals surface area contributed by atoms with Crippen LogP contribution < -0.4 is 0 Å². The highest BCUT2D eigenvalue weighted by Gasteiger charge is 2.10. The van der Waals surface area contributed by atoms with Gasteiger partial charge in [0.2, 0.25) is 0 Å². The third kappa shape index (κ3) is 5.53. The molecule has 0 bridgehead atoms. The van der Waals surface area contributed by atoms with Crippen molar-refractivity contribution in [3.8, 4) is 0 Å². The molecule has 1 aliphatic heterocycles. The molecule has 13 heavy (non-hydrogen) atoms. The lowest BCUT2D eigenvalue weighted by molar-refractivity contribution is 0.0381. The summed E-state index contributed by atoms with van der Waals surface area (Å²) in [5.41, 5.74) is 0. The third-order valence-corrected chi connectivity index (χ3v) is 3.28. The Kier molecular flexibility index (Phi) is 4.54. The Morgan fingerprint density at radius 2 is 2.08 bits per heavy atom. The maximum atomic E-state index is 10.8. The van der Waals surface area contributed by atoms with Gasteiger partial charge >= 0.3 is 0 Å². The van der Waals surface area contributed by atoms with Crippen LogP contribution in [0, 0.1) is 0 Å². The van der Waals surface area contributed by atoms with Crippen LogP contribution in [0.1, 0.15) is 6.42 Å². The van der Waals surface area contributed by atoms with Crippen LogP contribution in [0.5, 0.6) is 0 Å². The van der Waals surface area contributed by atoms with E-state index in [9.17, 15) is 4.21 Å². The summed E-state index contributed by atoms with van der Waals surface area (Å²) in [6, 6.07) is 0. The van der Waals surface area contributed by atoms with E-state index in [1.165, 1.54) is 0 Å². The van der Waals surface area contributed by atoms with Crippen LogP contribution in [0.2, 0.25) is 0 Å². The molecule has 4 nitrogen and oxygen atoms in total. The zero-order chi connectivity index (χ0) is 9.73. The molecule has 1 aliphatic rings. The second-order valence-electron chi connectivity index (χ2n) is 3.09. The van der Waals surface area contributed by atoms with Gasteiger partial charge in [-0.05, 0) is 13.0 Å². The normalized spacial score (nSPS) is 24.1. The average molecular weight is 225 g/mol. The minimum Gasteiger partial charge on any atom is -0.379 e. The largest absolute Gasteiger partial charge is 0.379 e. The minimum absolute atomic E-state index is 0.222. The average Bonchev–Trinajstić information content (AvgIpc) is 2.04. The number of hydrogen-bond acceptors (Lipinski definition) is 4. The molecule has 1 heterocycles. The summed E-state index contributed by atoms with van der Waals surface area (Å²) in [4.78, 5) is 2.23. The summed E-state index contributed by atoms with van der Waals surface area (Å²) in [5, 5.41) is 0. The van der Waals surface area contributed by atoms with Gasteiger partial charge in [0, 0.05) is 24.3 Å². The molecule has 0 radical (unpaired) electrons. The zero-order valence-electron chi connectivity index (χ0n) is 7.48. The Hall–Kier alpha value is 0.250. The van der Waals surface area contributed by atoms with E-state index in [0.29, 0.717) is 6.42 Å². The van der Waals surface area contributed by atoms with E-state index in [0.717, 1.165) is 32.8 Å². The van der Waals surface area contributed by atoms with Gasteiger partial charge in [0.25, 0.3) is 0 Å². The predicted molar refractivity (Wildman–Crippen MR) is 54.9 cm³/mol. The predicted octanol–water partition coefficient (Wildman–Crippen LogP) is -0.0720. The van der Waals surface area contributed by atoms with Crippen LogP contribution in [0.15, 0.2) is 0 Å². The van der Waals surface area contributed by atoms with Crippen LogP contribution in [-0.4, -0.2) is 52.3 Å². The van der Waals surface area contributed by atoms with Crippen molar-refractivity contribution >= 4 is 20.0 Å². The fraction of sp³-hybridized carbons (Fsp3) is 1.00. The molecule has 1 atom stereocenters. The van der Waals surface area contributed by atoms with Crippen molar-refractivity contribution in [2.75, 3.05) is 38.6 Å². The van der Waals surface area contributed by atoms with Gasteiger partial charge in [-0.25, -0.2) is 4.21 Å². The summed E-state index contributed by atoms with van der Waals surface area (Å²) in [6.07, 6.45) is 0.693. The zero-order valence-corrected chi connectivity index (χ0v) is 9.11. The lowest BCUT2D eigenvalue weighted by Gasteiger charge is -2.26. The van der Waals surface area contributed by atoms with E-state index < -0.39 is 8.77 Å². The van der Waals surface area contributed by atoms with Gasteiger partial charge in [-0.15, -0.1) is 0 Å². The first-order valence-corrected chi connectivity index (χ1v) is 6.94. The molecule has 1 fully saturated rings. The third-order valence-electron chi connectivity index (χ3n) is 1.98. The van der Waals surface area contributed by atoms with E-state index in [4.69, 9.17) is 9.29 Å². The maximum Gasteiger partial charge on any atom is 0.141 e. The number of ether oxygens (including phenoxy) is 1. The number of morpholine rings is 1. The van der Waals surface area contributed by atoms with Gasteiger partial charge in [0.05, 0.1) is 19.0 Å². The van der Waals surface area contributed by atoms with Gasteiger partial charge in [0.1, 0.15) is 8.77 Å². The molecule has 1 N–H and O–H groups in total. The molecule has 1 unspecified atom stereocenters. The fourth-order valence-corrected chi connectivity index (χ4v) is 2.14. The molecule has 0 aromatic carbocycles. The first-order valence-electron chi connectivity index (χ1n) is 4.33. The molecule has 0 spiro atoms. The van der Waals surface area contributed by atoms with Crippen LogP contribution in [0.3, 0.4) is 0 Å². The molecule has 0 aliphatic carbocycles. The fourth-order valence-electron chi connectivity index (χ4n) is 1.30. The standard InChI is InChI=1S/C7H15NO3S2/c9-13(10,12)7-1-2-8-3-5-11-6-4-8/h1-7H2,(H,9,10,12). The van der Waals surface area contributed by atoms with Crippen molar-refractivity contribution in [2.45, 2.75) is 6.42 Å². The number of nitrogens with zero attached hydrogens (tertiary/aromatic N) is 1. The molecule has 0 aromatic rings. The Balaban J connectivity index is 2.11. The van der Waals surface area contributed by atoms with Gasteiger partial charge in [-0.3, -0.25) is 4.90 Å².